The lowest BCUT2D eigenvalue weighted by Crippen LogP contribution is -2.38. The summed E-state index contributed by atoms with van der Waals surface area (Å²) in [6.07, 6.45) is 9.69. The van der Waals surface area contributed by atoms with Crippen LogP contribution in [-0.4, -0.2) is 29.6 Å². The number of nitrogens with two attached hydrogens (primary N) is 1. The van der Waals surface area contributed by atoms with Gasteiger partial charge in [-0.2, -0.15) is 0 Å². The molecule has 0 aliphatic heterocycles. The van der Waals surface area contributed by atoms with Gasteiger partial charge in [0.1, 0.15) is 0 Å². The van der Waals surface area contributed by atoms with E-state index < -0.39 is 0 Å². The van der Waals surface area contributed by atoms with E-state index in [-0.39, 0.29) is 0 Å². The first kappa shape index (κ1) is 14.3. The number of aromatic nitrogens is 2. The van der Waals surface area contributed by atoms with Gasteiger partial charge in [-0.3, -0.25) is 0 Å². The van der Waals surface area contributed by atoms with Crippen molar-refractivity contribution >= 4 is 5.95 Å². The molecule has 0 amide bonds. The number of anilines is 1. The summed E-state index contributed by atoms with van der Waals surface area (Å²) in [5, 5.41) is 0. The summed E-state index contributed by atoms with van der Waals surface area (Å²) < 4.78 is 0. The maximum absolute atomic E-state index is 5.53. The smallest absolute Gasteiger partial charge is 0.225 e. The van der Waals surface area contributed by atoms with Gasteiger partial charge in [0.25, 0.3) is 0 Å². The highest BCUT2D eigenvalue weighted by atomic mass is 15.2. The zero-order valence-electron chi connectivity index (χ0n) is 12.4. The van der Waals surface area contributed by atoms with Crippen LogP contribution in [0.3, 0.4) is 0 Å². The summed E-state index contributed by atoms with van der Waals surface area (Å²) in [5.74, 6) is 0.838. The fourth-order valence-corrected chi connectivity index (χ4v) is 2.76. The summed E-state index contributed by atoms with van der Waals surface area (Å²) >= 11 is 0. The average molecular weight is 262 g/mol. The molecule has 0 spiro atoms. The monoisotopic (exact) mass is 262 g/mol. The molecule has 0 unspecified atom stereocenters. The third-order valence-electron chi connectivity index (χ3n) is 4.30. The highest BCUT2D eigenvalue weighted by molar-refractivity contribution is 5.30. The molecule has 0 saturated heterocycles. The molecule has 0 radical (unpaired) electrons. The van der Waals surface area contributed by atoms with Gasteiger partial charge < -0.3 is 10.6 Å². The minimum Gasteiger partial charge on any atom is -0.341 e. The van der Waals surface area contributed by atoms with E-state index >= 15 is 0 Å². The van der Waals surface area contributed by atoms with Crippen molar-refractivity contribution in [3.8, 4) is 0 Å². The van der Waals surface area contributed by atoms with E-state index in [9.17, 15) is 0 Å². The molecule has 1 aromatic rings. The van der Waals surface area contributed by atoms with E-state index in [2.05, 4.69) is 35.8 Å². The van der Waals surface area contributed by atoms with E-state index in [1.54, 1.807) is 0 Å². The Morgan fingerprint density at radius 3 is 2.37 bits per heavy atom. The average Bonchev–Trinajstić information content (AvgIpc) is 2.39. The molecule has 19 heavy (non-hydrogen) atoms. The molecule has 1 heterocycles. The number of hydrogen-bond donors (Lipinski definition) is 1. The Morgan fingerprint density at radius 2 is 1.84 bits per heavy atom. The Labute approximate surface area is 116 Å². The first-order valence-electron chi connectivity index (χ1n) is 7.26. The molecule has 1 fully saturated rings. The van der Waals surface area contributed by atoms with E-state index in [1.807, 2.05) is 12.4 Å². The summed E-state index contributed by atoms with van der Waals surface area (Å²) in [7, 11) is 2.11. The maximum atomic E-state index is 5.53. The van der Waals surface area contributed by atoms with Crippen molar-refractivity contribution in [1.29, 1.82) is 0 Å². The highest BCUT2D eigenvalue weighted by Gasteiger charge is 2.29. The molecular weight excluding hydrogens is 236 g/mol. The van der Waals surface area contributed by atoms with Gasteiger partial charge in [0.05, 0.1) is 0 Å². The van der Waals surface area contributed by atoms with Crippen molar-refractivity contribution in [2.24, 2.45) is 11.1 Å². The number of rotatable bonds is 4. The maximum Gasteiger partial charge on any atom is 0.225 e. The van der Waals surface area contributed by atoms with Crippen molar-refractivity contribution in [1.82, 2.24) is 9.97 Å². The van der Waals surface area contributed by atoms with Crippen molar-refractivity contribution in [2.75, 3.05) is 18.5 Å². The van der Waals surface area contributed by atoms with Gasteiger partial charge in [-0.25, -0.2) is 9.97 Å². The molecule has 0 atom stereocenters. The topological polar surface area (TPSA) is 55.0 Å². The highest BCUT2D eigenvalue weighted by Crippen LogP contribution is 2.37. The van der Waals surface area contributed by atoms with E-state index in [4.69, 9.17) is 5.73 Å². The SMILES string of the molecule is CN(c1ncc(CCN)cn1)C1CCC(C)(C)CC1. The molecule has 106 valence electrons. The molecule has 1 aliphatic rings. The molecule has 1 aromatic heterocycles. The number of nitrogens with zero attached hydrogens (tertiary/aromatic N) is 3. The molecule has 1 aliphatic carbocycles. The van der Waals surface area contributed by atoms with Crippen LogP contribution in [0.15, 0.2) is 12.4 Å². The second kappa shape index (κ2) is 5.87. The lowest BCUT2D eigenvalue weighted by molar-refractivity contribution is 0.222. The van der Waals surface area contributed by atoms with Crippen molar-refractivity contribution in [3.63, 3.8) is 0 Å². The molecule has 4 nitrogen and oxygen atoms in total. The van der Waals surface area contributed by atoms with Crippen LogP contribution in [-0.2, 0) is 6.42 Å². The fourth-order valence-electron chi connectivity index (χ4n) is 2.76. The van der Waals surface area contributed by atoms with Gasteiger partial charge in [0.15, 0.2) is 0 Å². The summed E-state index contributed by atoms with van der Waals surface area (Å²) in [5.41, 5.74) is 7.15. The van der Waals surface area contributed by atoms with Crippen LogP contribution in [0.2, 0.25) is 0 Å². The number of hydrogen-bond acceptors (Lipinski definition) is 4. The summed E-state index contributed by atoms with van der Waals surface area (Å²) in [6.45, 7) is 5.37. The van der Waals surface area contributed by atoms with Crippen molar-refractivity contribution in [3.05, 3.63) is 18.0 Å². The van der Waals surface area contributed by atoms with Crippen LogP contribution in [0.4, 0.5) is 5.95 Å². The molecule has 4 heteroatoms. The molecule has 2 N–H and O–H groups in total. The standard InChI is InChI=1S/C15H26N4/c1-15(2)7-4-13(5-8-15)19(3)14-17-10-12(6-9-16)11-18-14/h10-11,13H,4-9,16H2,1-3H3. The van der Waals surface area contributed by atoms with Gasteiger partial charge >= 0.3 is 0 Å². The van der Waals surface area contributed by atoms with Gasteiger partial charge in [-0.1, -0.05) is 13.8 Å². The van der Waals surface area contributed by atoms with Gasteiger partial charge in [-0.05, 0) is 49.6 Å². The second-order valence-corrected chi connectivity index (χ2v) is 6.44. The van der Waals surface area contributed by atoms with Crippen molar-refractivity contribution < 1.29 is 0 Å². The van der Waals surface area contributed by atoms with E-state index in [0.717, 1.165) is 17.9 Å². The predicted octanol–water partition coefficient (Wildman–Crippen LogP) is 2.38. The summed E-state index contributed by atoms with van der Waals surface area (Å²) in [6, 6.07) is 0.577. The van der Waals surface area contributed by atoms with Crippen LogP contribution < -0.4 is 10.6 Å². The second-order valence-electron chi connectivity index (χ2n) is 6.44. The van der Waals surface area contributed by atoms with Crippen LogP contribution in [0.25, 0.3) is 0 Å². The molecule has 2 rings (SSSR count). The Hall–Kier alpha value is -1.16. The van der Waals surface area contributed by atoms with Gasteiger partial charge in [0.2, 0.25) is 5.95 Å². The van der Waals surface area contributed by atoms with E-state index in [1.165, 1.54) is 25.7 Å². The summed E-state index contributed by atoms with van der Waals surface area (Å²) in [4.78, 5) is 11.2. The van der Waals surface area contributed by atoms with Crippen LogP contribution >= 0.6 is 0 Å². The van der Waals surface area contributed by atoms with E-state index in [0.29, 0.717) is 18.0 Å². The van der Waals surface area contributed by atoms with Crippen LogP contribution in [0.5, 0.6) is 0 Å². The lowest BCUT2D eigenvalue weighted by atomic mass is 9.75. The predicted molar refractivity (Wildman–Crippen MR) is 79.2 cm³/mol. The third-order valence-corrected chi connectivity index (χ3v) is 4.30. The van der Waals surface area contributed by atoms with Crippen LogP contribution in [0.1, 0.15) is 45.1 Å². The fraction of sp³-hybridized carbons (Fsp3) is 0.733. The molecule has 0 bridgehead atoms. The molecular formula is C15H26N4. The first-order chi connectivity index (χ1) is 9.02. The normalized spacial score (nSPS) is 19.4. The Balaban J connectivity index is 1.97. The minimum atomic E-state index is 0.503. The Morgan fingerprint density at radius 1 is 1.26 bits per heavy atom. The third kappa shape index (κ3) is 3.66. The largest absolute Gasteiger partial charge is 0.341 e. The molecule has 1 saturated carbocycles. The zero-order chi connectivity index (χ0) is 13.9. The quantitative estimate of drug-likeness (QED) is 0.905. The zero-order valence-corrected chi connectivity index (χ0v) is 12.4. The molecule has 0 aromatic carbocycles. The Kier molecular flexibility index (Phi) is 4.40. The van der Waals surface area contributed by atoms with Crippen molar-refractivity contribution in [2.45, 2.75) is 52.0 Å². The van der Waals surface area contributed by atoms with Crippen LogP contribution in [0, 0.1) is 5.41 Å². The van der Waals surface area contributed by atoms with Gasteiger partial charge in [0, 0.05) is 25.5 Å². The first-order valence-corrected chi connectivity index (χ1v) is 7.26. The minimum absolute atomic E-state index is 0.503. The Bertz CT molecular complexity index is 389. The van der Waals surface area contributed by atoms with Gasteiger partial charge in [-0.15, -0.1) is 0 Å². The lowest BCUT2D eigenvalue weighted by Gasteiger charge is -2.38.